The Morgan fingerprint density at radius 3 is 2.53 bits per heavy atom. The van der Waals surface area contributed by atoms with E-state index in [0.29, 0.717) is 5.56 Å². The van der Waals surface area contributed by atoms with E-state index in [1.807, 2.05) is 0 Å². The quantitative estimate of drug-likeness (QED) is 0.670. The SMILES string of the molecule is O=[N+]([O-])c1ccc(-c2nc(C(F)(F)F)c[nH]2)c(Br)c1. The largest absolute Gasteiger partial charge is 0.434 e. The number of nitrogens with zero attached hydrogens (tertiary/aromatic N) is 2. The predicted octanol–water partition coefficient (Wildman–Crippen LogP) is 3.77. The molecule has 1 heterocycles. The van der Waals surface area contributed by atoms with Crippen LogP contribution in [0.4, 0.5) is 18.9 Å². The summed E-state index contributed by atoms with van der Waals surface area (Å²) < 4.78 is 37.5. The second-order valence-corrected chi connectivity index (χ2v) is 4.41. The molecule has 0 amide bonds. The van der Waals surface area contributed by atoms with E-state index in [2.05, 4.69) is 25.9 Å². The van der Waals surface area contributed by atoms with Gasteiger partial charge < -0.3 is 4.98 Å². The summed E-state index contributed by atoms with van der Waals surface area (Å²) in [4.78, 5) is 15.7. The molecule has 0 aliphatic rings. The summed E-state index contributed by atoms with van der Waals surface area (Å²) >= 11 is 3.07. The maximum atomic E-state index is 12.4. The van der Waals surface area contributed by atoms with Gasteiger partial charge in [0.25, 0.3) is 5.69 Å². The number of aromatic amines is 1. The molecule has 1 aromatic heterocycles. The third kappa shape index (κ3) is 2.75. The fourth-order valence-corrected chi connectivity index (χ4v) is 1.97. The highest BCUT2D eigenvalue weighted by Gasteiger charge is 2.34. The molecule has 9 heteroatoms. The van der Waals surface area contributed by atoms with Gasteiger partial charge >= 0.3 is 6.18 Å². The summed E-state index contributed by atoms with van der Waals surface area (Å²) in [5.41, 5.74) is -0.910. The zero-order valence-corrected chi connectivity index (χ0v) is 10.6. The second kappa shape index (κ2) is 4.65. The van der Waals surface area contributed by atoms with E-state index in [0.717, 1.165) is 6.20 Å². The number of alkyl halides is 3. The summed E-state index contributed by atoms with van der Waals surface area (Å²) in [7, 11) is 0. The minimum Gasteiger partial charge on any atom is -0.344 e. The van der Waals surface area contributed by atoms with Crippen molar-refractivity contribution in [3.63, 3.8) is 0 Å². The molecular weight excluding hydrogens is 331 g/mol. The van der Waals surface area contributed by atoms with Gasteiger partial charge in [-0.3, -0.25) is 10.1 Å². The van der Waals surface area contributed by atoms with E-state index < -0.39 is 16.8 Å². The van der Waals surface area contributed by atoms with Crippen molar-refractivity contribution in [1.29, 1.82) is 0 Å². The lowest BCUT2D eigenvalue weighted by Gasteiger charge is -2.02. The number of imidazole rings is 1. The summed E-state index contributed by atoms with van der Waals surface area (Å²) in [6.07, 6.45) is -3.80. The Hall–Kier alpha value is -1.90. The predicted molar refractivity (Wildman–Crippen MR) is 63.4 cm³/mol. The Morgan fingerprint density at radius 1 is 1.37 bits per heavy atom. The van der Waals surface area contributed by atoms with E-state index in [1.165, 1.54) is 18.2 Å². The fraction of sp³-hybridized carbons (Fsp3) is 0.100. The average Bonchev–Trinajstić information content (AvgIpc) is 2.77. The first-order valence-electron chi connectivity index (χ1n) is 4.86. The van der Waals surface area contributed by atoms with Crippen LogP contribution >= 0.6 is 15.9 Å². The van der Waals surface area contributed by atoms with E-state index >= 15 is 0 Å². The van der Waals surface area contributed by atoms with Gasteiger partial charge in [-0.25, -0.2) is 4.98 Å². The van der Waals surface area contributed by atoms with Gasteiger partial charge in [0.05, 0.1) is 4.92 Å². The van der Waals surface area contributed by atoms with Crippen LogP contribution in [0.3, 0.4) is 0 Å². The molecule has 0 aliphatic carbocycles. The Morgan fingerprint density at radius 2 is 2.05 bits per heavy atom. The maximum Gasteiger partial charge on any atom is 0.434 e. The van der Waals surface area contributed by atoms with Gasteiger partial charge in [-0.05, 0) is 22.0 Å². The number of hydrogen-bond acceptors (Lipinski definition) is 3. The van der Waals surface area contributed by atoms with Crippen LogP contribution < -0.4 is 0 Å². The number of non-ortho nitro benzene ring substituents is 1. The Labute approximate surface area is 112 Å². The summed E-state index contributed by atoms with van der Waals surface area (Å²) in [6, 6.07) is 3.71. The zero-order chi connectivity index (χ0) is 14.2. The summed E-state index contributed by atoms with van der Waals surface area (Å²) in [5, 5.41) is 10.5. The van der Waals surface area contributed by atoms with Crippen molar-refractivity contribution < 1.29 is 18.1 Å². The van der Waals surface area contributed by atoms with Crippen molar-refractivity contribution in [3.8, 4) is 11.4 Å². The molecule has 19 heavy (non-hydrogen) atoms. The Bertz CT molecular complexity index is 639. The molecule has 0 aliphatic heterocycles. The minimum atomic E-state index is -4.54. The third-order valence-corrected chi connectivity index (χ3v) is 2.94. The summed E-state index contributed by atoms with van der Waals surface area (Å²) in [5.74, 6) is -0.0194. The lowest BCUT2D eigenvalue weighted by Crippen LogP contribution is -2.04. The maximum absolute atomic E-state index is 12.4. The number of rotatable bonds is 2. The molecule has 0 bridgehead atoms. The molecule has 0 spiro atoms. The molecule has 1 N–H and O–H groups in total. The van der Waals surface area contributed by atoms with Gasteiger partial charge in [0.2, 0.25) is 0 Å². The number of nitrogens with one attached hydrogen (secondary N) is 1. The van der Waals surface area contributed by atoms with Gasteiger partial charge in [-0.2, -0.15) is 13.2 Å². The molecule has 0 unspecified atom stereocenters. The molecule has 5 nitrogen and oxygen atoms in total. The molecule has 0 saturated carbocycles. The first-order valence-corrected chi connectivity index (χ1v) is 5.65. The van der Waals surface area contributed by atoms with Gasteiger partial charge in [-0.1, -0.05) is 0 Å². The number of benzene rings is 1. The molecule has 0 fully saturated rings. The van der Waals surface area contributed by atoms with Crippen molar-refractivity contribution >= 4 is 21.6 Å². The van der Waals surface area contributed by atoms with Crippen molar-refractivity contribution in [3.05, 3.63) is 44.7 Å². The Balaban J connectivity index is 2.43. The molecular formula is C10H5BrF3N3O2. The molecule has 1 aromatic carbocycles. The van der Waals surface area contributed by atoms with Crippen LogP contribution in [-0.2, 0) is 6.18 Å². The highest BCUT2D eigenvalue weighted by atomic mass is 79.9. The number of aromatic nitrogens is 2. The highest BCUT2D eigenvalue weighted by molar-refractivity contribution is 9.10. The molecule has 2 aromatic rings. The van der Waals surface area contributed by atoms with Crippen LogP contribution in [-0.4, -0.2) is 14.9 Å². The van der Waals surface area contributed by atoms with E-state index in [9.17, 15) is 23.3 Å². The van der Waals surface area contributed by atoms with Crippen molar-refractivity contribution in [2.75, 3.05) is 0 Å². The zero-order valence-electron chi connectivity index (χ0n) is 9.03. The van der Waals surface area contributed by atoms with Gasteiger partial charge in [0.1, 0.15) is 5.82 Å². The molecule has 0 saturated heterocycles. The molecule has 0 atom stereocenters. The lowest BCUT2D eigenvalue weighted by atomic mass is 10.2. The van der Waals surface area contributed by atoms with Crippen LogP contribution in [0.1, 0.15) is 5.69 Å². The number of hydrogen-bond donors (Lipinski definition) is 1. The highest BCUT2D eigenvalue weighted by Crippen LogP contribution is 2.33. The topological polar surface area (TPSA) is 71.8 Å². The van der Waals surface area contributed by atoms with Crippen LogP contribution in [0.15, 0.2) is 28.9 Å². The monoisotopic (exact) mass is 335 g/mol. The Kier molecular flexibility index (Phi) is 3.31. The first kappa shape index (κ1) is 13.5. The van der Waals surface area contributed by atoms with E-state index in [-0.39, 0.29) is 16.0 Å². The van der Waals surface area contributed by atoms with Crippen LogP contribution in [0.25, 0.3) is 11.4 Å². The first-order chi connectivity index (χ1) is 8.79. The van der Waals surface area contributed by atoms with Crippen LogP contribution in [0.5, 0.6) is 0 Å². The normalized spacial score (nSPS) is 11.6. The molecule has 100 valence electrons. The number of nitro groups is 1. The average molecular weight is 336 g/mol. The summed E-state index contributed by atoms with van der Waals surface area (Å²) in [6.45, 7) is 0. The van der Waals surface area contributed by atoms with Crippen molar-refractivity contribution in [1.82, 2.24) is 9.97 Å². The second-order valence-electron chi connectivity index (χ2n) is 3.55. The fourth-order valence-electron chi connectivity index (χ4n) is 1.41. The van der Waals surface area contributed by atoms with Gasteiger partial charge in [0.15, 0.2) is 5.69 Å². The van der Waals surface area contributed by atoms with Crippen molar-refractivity contribution in [2.24, 2.45) is 0 Å². The lowest BCUT2D eigenvalue weighted by molar-refractivity contribution is -0.384. The third-order valence-electron chi connectivity index (χ3n) is 2.29. The minimum absolute atomic E-state index is 0.0194. The van der Waals surface area contributed by atoms with Crippen molar-refractivity contribution in [2.45, 2.75) is 6.18 Å². The van der Waals surface area contributed by atoms with Gasteiger partial charge in [-0.15, -0.1) is 0 Å². The smallest absolute Gasteiger partial charge is 0.344 e. The van der Waals surface area contributed by atoms with E-state index in [4.69, 9.17) is 0 Å². The molecule has 0 radical (unpaired) electrons. The van der Waals surface area contributed by atoms with Crippen LogP contribution in [0, 0.1) is 10.1 Å². The standard InChI is InChI=1S/C10H5BrF3N3O2/c11-7-3-5(17(18)19)1-2-6(7)9-15-4-8(16-9)10(12,13)14/h1-4H,(H,15,16). The number of nitro benzene ring substituents is 1. The van der Waals surface area contributed by atoms with E-state index in [1.54, 1.807) is 0 Å². The van der Waals surface area contributed by atoms with Crippen LogP contribution in [0.2, 0.25) is 0 Å². The molecule has 2 rings (SSSR count). The number of H-pyrrole nitrogens is 1. The number of halogens is 4. The van der Waals surface area contributed by atoms with Gasteiger partial charge in [0, 0.05) is 28.4 Å².